The normalized spacial score (nSPS) is 10.7. The second kappa shape index (κ2) is 9.86. The summed E-state index contributed by atoms with van der Waals surface area (Å²) in [5.74, 6) is -0.960. The predicted octanol–water partition coefficient (Wildman–Crippen LogP) is 3.09. The van der Waals surface area contributed by atoms with Gasteiger partial charge in [-0.1, -0.05) is 38.1 Å². The fraction of sp³-hybridized carbons (Fsp3) is 0.217. The first-order chi connectivity index (χ1) is 15.7. The monoisotopic (exact) mass is 449 g/mol. The minimum atomic E-state index is -0.837. The largest absolute Gasteiger partial charge is 0.352 e. The third kappa shape index (κ3) is 5.29. The molecule has 0 fully saturated rings. The zero-order valence-electron chi connectivity index (χ0n) is 18.4. The number of carbonyl (C=O) groups is 2. The number of carbonyl (C=O) groups excluding carboxylic acids is 2. The van der Waals surface area contributed by atoms with E-state index >= 15 is 0 Å². The number of rotatable bonds is 7. The molecule has 0 saturated heterocycles. The molecule has 1 aromatic heterocycles. The highest BCUT2D eigenvalue weighted by atomic mass is 16.6. The van der Waals surface area contributed by atoms with E-state index in [9.17, 15) is 24.5 Å². The van der Waals surface area contributed by atoms with E-state index < -0.39 is 22.0 Å². The Morgan fingerprint density at radius 1 is 1.09 bits per heavy atom. The van der Waals surface area contributed by atoms with Crippen LogP contribution in [0.1, 0.15) is 40.4 Å². The zero-order valence-corrected chi connectivity index (χ0v) is 18.4. The van der Waals surface area contributed by atoms with Gasteiger partial charge >= 0.3 is 0 Å². The fourth-order valence-electron chi connectivity index (χ4n) is 3.11. The van der Waals surface area contributed by atoms with Crippen LogP contribution < -0.4 is 16.1 Å². The number of hydrogen-bond donors (Lipinski definition) is 2. The van der Waals surface area contributed by atoms with Crippen molar-refractivity contribution in [1.82, 2.24) is 15.1 Å². The van der Waals surface area contributed by atoms with Crippen molar-refractivity contribution in [3.63, 3.8) is 0 Å². The van der Waals surface area contributed by atoms with Gasteiger partial charge in [-0.15, -0.1) is 0 Å². The molecule has 3 aromatic rings. The Morgan fingerprint density at radius 3 is 2.45 bits per heavy atom. The van der Waals surface area contributed by atoms with Gasteiger partial charge in [0, 0.05) is 24.4 Å². The molecule has 0 aliphatic rings. The predicted molar refractivity (Wildman–Crippen MR) is 123 cm³/mol. The molecule has 10 nitrogen and oxygen atoms in total. The van der Waals surface area contributed by atoms with Gasteiger partial charge < -0.3 is 10.6 Å². The van der Waals surface area contributed by atoms with Gasteiger partial charge in [0.2, 0.25) is 5.43 Å². The average molecular weight is 449 g/mol. The Kier molecular flexibility index (Phi) is 6.97. The zero-order chi connectivity index (χ0) is 24.1. The summed E-state index contributed by atoms with van der Waals surface area (Å²) in [5, 5.41) is 20.9. The topological polar surface area (TPSA) is 136 Å². The molecule has 0 aliphatic carbocycles. The quantitative estimate of drug-likeness (QED) is 0.420. The second-order valence-corrected chi connectivity index (χ2v) is 7.76. The lowest BCUT2D eigenvalue weighted by Crippen LogP contribution is -2.30. The number of nitrogens with one attached hydrogen (secondary N) is 2. The van der Waals surface area contributed by atoms with Gasteiger partial charge in [0.1, 0.15) is 5.69 Å². The van der Waals surface area contributed by atoms with Crippen molar-refractivity contribution in [1.29, 1.82) is 0 Å². The lowest BCUT2D eigenvalue weighted by molar-refractivity contribution is -0.384. The van der Waals surface area contributed by atoms with Crippen molar-refractivity contribution in [2.24, 2.45) is 5.92 Å². The number of para-hydroxylation sites is 3. The molecule has 1 heterocycles. The van der Waals surface area contributed by atoms with Crippen LogP contribution in [-0.4, -0.2) is 33.1 Å². The van der Waals surface area contributed by atoms with Crippen LogP contribution in [0.2, 0.25) is 0 Å². The second-order valence-electron chi connectivity index (χ2n) is 7.76. The van der Waals surface area contributed by atoms with Crippen LogP contribution in [-0.2, 0) is 0 Å². The first-order valence-corrected chi connectivity index (χ1v) is 10.2. The molecule has 2 amide bonds. The number of benzene rings is 2. The number of hydrogen-bond acceptors (Lipinski definition) is 6. The molecule has 0 atom stereocenters. The third-order valence-corrected chi connectivity index (χ3v) is 4.72. The summed E-state index contributed by atoms with van der Waals surface area (Å²) in [6.07, 6.45) is 0. The summed E-state index contributed by atoms with van der Waals surface area (Å²) < 4.78 is 1.18. The summed E-state index contributed by atoms with van der Waals surface area (Å²) in [4.78, 5) is 48.8. The fourth-order valence-corrected chi connectivity index (χ4v) is 3.11. The maximum absolute atomic E-state index is 12.9. The number of nitro groups is 1. The number of aryl methyl sites for hydroxylation is 1. The molecule has 3 rings (SSSR count). The van der Waals surface area contributed by atoms with E-state index in [0.29, 0.717) is 12.2 Å². The van der Waals surface area contributed by atoms with Crippen molar-refractivity contribution in [3.8, 4) is 5.69 Å². The summed E-state index contributed by atoms with van der Waals surface area (Å²) in [6, 6.07) is 13.4. The Labute approximate surface area is 189 Å². The van der Waals surface area contributed by atoms with Gasteiger partial charge in [0.15, 0.2) is 5.69 Å². The van der Waals surface area contributed by atoms with Crippen LogP contribution in [0.15, 0.2) is 59.4 Å². The van der Waals surface area contributed by atoms with Crippen LogP contribution >= 0.6 is 0 Å². The Balaban J connectivity index is 1.97. The van der Waals surface area contributed by atoms with Crippen molar-refractivity contribution in [2.45, 2.75) is 20.8 Å². The molecule has 2 N–H and O–H groups in total. The van der Waals surface area contributed by atoms with Gasteiger partial charge in [0.25, 0.3) is 17.5 Å². The van der Waals surface area contributed by atoms with E-state index in [2.05, 4.69) is 15.7 Å². The van der Waals surface area contributed by atoms with E-state index in [1.807, 2.05) is 13.8 Å². The first kappa shape index (κ1) is 23.3. The molecule has 33 heavy (non-hydrogen) atoms. The molecule has 170 valence electrons. The van der Waals surface area contributed by atoms with Gasteiger partial charge in [-0.25, -0.2) is 4.68 Å². The molecule has 0 bridgehead atoms. The smallest absolute Gasteiger partial charge is 0.294 e. The number of aromatic nitrogens is 2. The van der Waals surface area contributed by atoms with Gasteiger partial charge in [0.05, 0.1) is 16.2 Å². The van der Waals surface area contributed by atoms with Crippen molar-refractivity contribution < 1.29 is 14.5 Å². The third-order valence-electron chi connectivity index (χ3n) is 4.72. The van der Waals surface area contributed by atoms with Gasteiger partial charge in [-0.3, -0.25) is 24.5 Å². The summed E-state index contributed by atoms with van der Waals surface area (Å²) in [7, 11) is 0. The van der Waals surface area contributed by atoms with Gasteiger partial charge in [-0.2, -0.15) is 5.10 Å². The average Bonchev–Trinajstić information content (AvgIpc) is 2.77. The summed E-state index contributed by atoms with van der Waals surface area (Å²) >= 11 is 0. The van der Waals surface area contributed by atoms with Crippen molar-refractivity contribution >= 4 is 23.2 Å². The molecule has 0 saturated carbocycles. The molecule has 0 unspecified atom stereocenters. The number of nitro benzene ring substituents is 1. The van der Waals surface area contributed by atoms with Crippen LogP contribution in [0, 0.1) is 23.0 Å². The summed E-state index contributed by atoms with van der Waals surface area (Å²) in [5.41, 5.74) is -0.463. The highest BCUT2D eigenvalue weighted by Crippen LogP contribution is 2.22. The van der Waals surface area contributed by atoms with Crippen LogP contribution in [0.4, 0.5) is 11.4 Å². The highest BCUT2D eigenvalue weighted by molar-refractivity contribution is 6.08. The highest BCUT2D eigenvalue weighted by Gasteiger charge is 2.21. The van der Waals surface area contributed by atoms with E-state index in [-0.39, 0.29) is 34.5 Å². The van der Waals surface area contributed by atoms with E-state index in [1.54, 1.807) is 31.2 Å². The lowest BCUT2D eigenvalue weighted by Gasteiger charge is -2.14. The molecule has 0 radical (unpaired) electrons. The Bertz CT molecular complexity index is 1280. The first-order valence-electron chi connectivity index (χ1n) is 10.2. The van der Waals surface area contributed by atoms with Crippen LogP contribution in [0.3, 0.4) is 0 Å². The van der Waals surface area contributed by atoms with E-state index in [0.717, 1.165) is 0 Å². The molecular formula is C23H23N5O5. The SMILES string of the molecule is Cc1cc(=O)c(C(=O)Nc2ccccc2C(=O)NCC(C)C)nn1-c1ccccc1[N+](=O)[O-]. The molecule has 0 spiro atoms. The number of nitrogens with zero attached hydrogens (tertiary/aromatic N) is 3. The van der Waals surface area contributed by atoms with E-state index in [4.69, 9.17) is 0 Å². The maximum atomic E-state index is 12.9. The van der Waals surface area contributed by atoms with Crippen LogP contribution in [0.25, 0.3) is 5.69 Å². The van der Waals surface area contributed by atoms with Crippen LogP contribution in [0.5, 0.6) is 0 Å². The minimum absolute atomic E-state index is 0.113. The number of amides is 2. The molecule has 10 heteroatoms. The Morgan fingerprint density at radius 2 is 1.76 bits per heavy atom. The van der Waals surface area contributed by atoms with Crippen molar-refractivity contribution in [2.75, 3.05) is 11.9 Å². The molecular weight excluding hydrogens is 426 g/mol. The van der Waals surface area contributed by atoms with E-state index in [1.165, 1.54) is 35.0 Å². The standard InChI is InChI=1S/C23H23N5O5/c1-14(2)13-24-22(30)16-8-4-5-9-17(16)25-23(31)21-20(29)12-15(3)27(26-21)18-10-6-7-11-19(18)28(32)33/h4-12,14H,13H2,1-3H3,(H,24,30)(H,25,31). The summed E-state index contributed by atoms with van der Waals surface area (Å²) in [6.45, 7) is 5.93. The molecule has 0 aliphatic heterocycles. The lowest BCUT2D eigenvalue weighted by atomic mass is 10.1. The molecule has 2 aromatic carbocycles. The number of anilines is 1. The van der Waals surface area contributed by atoms with Crippen molar-refractivity contribution in [3.05, 3.63) is 91.9 Å². The van der Waals surface area contributed by atoms with Gasteiger partial charge in [-0.05, 0) is 31.0 Å². The Hall–Kier alpha value is -4.34. The minimum Gasteiger partial charge on any atom is -0.352 e. The maximum Gasteiger partial charge on any atom is 0.294 e.